The topological polar surface area (TPSA) is 73.5 Å². The number of anilines is 3. The Labute approximate surface area is 192 Å². The number of urea groups is 1. The Morgan fingerprint density at radius 2 is 1.67 bits per heavy atom. The Morgan fingerprint density at radius 3 is 2.42 bits per heavy atom. The highest BCUT2D eigenvalue weighted by molar-refractivity contribution is 6.04. The number of carbonyl (C=O) groups is 2. The van der Waals surface area contributed by atoms with Gasteiger partial charge in [0, 0.05) is 30.5 Å². The van der Waals surface area contributed by atoms with Gasteiger partial charge in [-0.3, -0.25) is 4.79 Å². The Kier molecular flexibility index (Phi) is 6.58. The van der Waals surface area contributed by atoms with Crippen LogP contribution in [0.5, 0.6) is 0 Å². The zero-order chi connectivity index (χ0) is 23.4. The molecule has 7 heteroatoms. The van der Waals surface area contributed by atoms with Crippen molar-refractivity contribution in [3.05, 3.63) is 89.2 Å². The van der Waals surface area contributed by atoms with E-state index in [0.29, 0.717) is 17.8 Å². The molecule has 0 bridgehead atoms. The average molecular weight is 447 g/mol. The van der Waals surface area contributed by atoms with Crippen molar-refractivity contribution in [2.24, 2.45) is 0 Å². The summed E-state index contributed by atoms with van der Waals surface area (Å²) in [4.78, 5) is 27.6. The largest absolute Gasteiger partial charge is 0.366 e. The number of nitrogens with one attached hydrogen (secondary N) is 3. The number of fused-ring (bicyclic) bond motifs is 1. The lowest BCUT2D eigenvalue weighted by Gasteiger charge is -2.32. The molecule has 0 atom stereocenters. The Balaban J connectivity index is 1.58. The normalized spacial score (nSPS) is 12.8. The highest BCUT2D eigenvalue weighted by Gasteiger charge is 2.22. The molecule has 0 saturated heterocycles. The molecule has 0 saturated carbocycles. The van der Waals surface area contributed by atoms with Crippen LogP contribution in [0.3, 0.4) is 0 Å². The first kappa shape index (κ1) is 22.3. The number of halogens is 1. The summed E-state index contributed by atoms with van der Waals surface area (Å²) in [5.41, 5.74) is 4.38. The summed E-state index contributed by atoms with van der Waals surface area (Å²) < 4.78 is 13.8. The molecular weight excluding hydrogens is 419 g/mol. The van der Waals surface area contributed by atoms with Gasteiger partial charge in [0.25, 0.3) is 5.91 Å². The van der Waals surface area contributed by atoms with E-state index in [0.717, 1.165) is 18.7 Å². The quantitative estimate of drug-likeness (QED) is 0.506. The maximum Gasteiger partial charge on any atom is 0.323 e. The van der Waals surface area contributed by atoms with E-state index in [2.05, 4.69) is 33.0 Å². The Morgan fingerprint density at radius 1 is 0.939 bits per heavy atom. The fourth-order valence-corrected chi connectivity index (χ4v) is 3.96. The highest BCUT2D eigenvalue weighted by Crippen LogP contribution is 2.30. The van der Waals surface area contributed by atoms with Crippen molar-refractivity contribution in [3.63, 3.8) is 0 Å². The van der Waals surface area contributed by atoms with Gasteiger partial charge in [-0.15, -0.1) is 0 Å². The van der Waals surface area contributed by atoms with Gasteiger partial charge in [-0.1, -0.05) is 36.4 Å². The molecule has 0 aromatic heterocycles. The van der Waals surface area contributed by atoms with Crippen molar-refractivity contribution in [3.8, 4) is 0 Å². The maximum absolute atomic E-state index is 13.8. The standard InChI is InChI=1S/C26H27FN4O2/c1-17(2)28-25(32)21-15-20(29-26(33)30-23-10-6-5-9-22(23)27)11-12-24(21)31-14-13-18-7-3-4-8-19(18)16-31/h3-12,15,17H,13-14,16H2,1-2H3,(H,28,32)(H2,29,30,33). The average Bonchev–Trinajstić information content (AvgIpc) is 2.80. The second kappa shape index (κ2) is 9.73. The lowest BCUT2D eigenvalue weighted by Crippen LogP contribution is -2.35. The first-order valence-corrected chi connectivity index (χ1v) is 11.0. The monoisotopic (exact) mass is 446 g/mol. The minimum atomic E-state index is -0.588. The number of nitrogens with zero attached hydrogens (tertiary/aromatic N) is 1. The maximum atomic E-state index is 13.8. The van der Waals surface area contributed by atoms with Crippen LogP contribution >= 0.6 is 0 Å². The minimum absolute atomic E-state index is 0.0339. The van der Waals surface area contributed by atoms with Gasteiger partial charge in [-0.05, 0) is 61.7 Å². The number of hydrogen-bond donors (Lipinski definition) is 3. The molecule has 3 aromatic rings. The Bertz CT molecular complexity index is 1180. The zero-order valence-corrected chi connectivity index (χ0v) is 18.7. The molecule has 0 fully saturated rings. The number of amides is 3. The Hall–Kier alpha value is -3.87. The van der Waals surface area contributed by atoms with Crippen LogP contribution in [0.2, 0.25) is 0 Å². The molecule has 0 radical (unpaired) electrons. The lowest BCUT2D eigenvalue weighted by molar-refractivity contribution is 0.0943. The molecule has 33 heavy (non-hydrogen) atoms. The van der Waals surface area contributed by atoms with Crippen molar-refractivity contribution < 1.29 is 14.0 Å². The number of carbonyl (C=O) groups excluding carboxylic acids is 2. The first-order valence-electron chi connectivity index (χ1n) is 11.0. The summed E-state index contributed by atoms with van der Waals surface area (Å²) in [7, 11) is 0. The number of para-hydroxylation sites is 1. The highest BCUT2D eigenvalue weighted by atomic mass is 19.1. The molecule has 1 heterocycles. The SMILES string of the molecule is CC(C)NC(=O)c1cc(NC(=O)Nc2ccccc2F)ccc1N1CCc2ccccc2C1. The van der Waals surface area contributed by atoms with Crippen molar-refractivity contribution in [2.75, 3.05) is 22.1 Å². The van der Waals surface area contributed by atoms with E-state index in [1.54, 1.807) is 24.3 Å². The van der Waals surface area contributed by atoms with Crippen LogP contribution < -0.4 is 20.9 Å². The molecule has 3 amide bonds. The summed E-state index contributed by atoms with van der Waals surface area (Å²) in [5, 5.41) is 8.13. The zero-order valence-electron chi connectivity index (χ0n) is 18.7. The fourth-order valence-electron chi connectivity index (χ4n) is 3.96. The van der Waals surface area contributed by atoms with Gasteiger partial charge in [-0.2, -0.15) is 0 Å². The third kappa shape index (κ3) is 5.31. The summed E-state index contributed by atoms with van der Waals surface area (Å²) in [5.74, 6) is -0.734. The van der Waals surface area contributed by atoms with Gasteiger partial charge < -0.3 is 20.9 Å². The van der Waals surface area contributed by atoms with Crippen molar-refractivity contribution in [2.45, 2.75) is 32.9 Å². The van der Waals surface area contributed by atoms with Crippen LogP contribution in [0.4, 0.5) is 26.2 Å². The third-order valence-corrected chi connectivity index (χ3v) is 5.51. The molecule has 3 aromatic carbocycles. The molecule has 0 spiro atoms. The predicted molar refractivity (Wildman–Crippen MR) is 129 cm³/mol. The van der Waals surface area contributed by atoms with E-state index >= 15 is 0 Å². The molecular formula is C26H27FN4O2. The smallest absolute Gasteiger partial charge is 0.323 e. The fraction of sp³-hybridized carbons (Fsp3) is 0.231. The summed E-state index contributed by atoms with van der Waals surface area (Å²) in [6, 6.07) is 18.9. The number of hydrogen-bond acceptors (Lipinski definition) is 3. The molecule has 0 aliphatic carbocycles. The molecule has 170 valence electrons. The lowest BCUT2D eigenvalue weighted by atomic mass is 9.98. The molecule has 4 rings (SSSR count). The van der Waals surface area contributed by atoms with Crippen LogP contribution in [0.15, 0.2) is 66.7 Å². The number of benzene rings is 3. The van der Waals surface area contributed by atoms with Gasteiger partial charge in [0.2, 0.25) is 0 Å². The summed E-state index contributed by atoms with van der Waals surface area (Å²) in [6.07, 6.45) is 0.895. The molecule has 1 aliphatic rings. The van der Waals surface area contributed by atoms with Crippen molar-refractivity contribution >= 4 is 29.0 Å². The molecule has 6 nitrogen and oxygen atoms in total. The van der Waals surface area contributed by atoms with E-state index in [1.165, 1.54) is 23.3 Å². The van der Waals surface area contributed by atoms with E-state index in [1.807, 2.05) is 32.0 Å². The van der Waals surface area contributed by atoms with Gasteiger partial charge in [0.15, 0.2) is 0 Å². The van der Waals surface area contributed by atoms with Crippen LogP contribution in [0, 0.1) is 5.82 Å². The minimum Gasteiger partial charge on any atom is -0.366 e. The molecule has 3 N–H and O–H groups in total. The van der Waals surface area contributed by atoms with Crippen LogP contribution in [-0.4, -0.2) is 24.5 Å². The van der Waals surface area contributed by atoms with Crippen LogP contribution in [0.25, 0.3) is 0 Å². The van der Waals surface area contributed by atoms with E-state index in [4.69, 9.17) is 0 Å². The molecule has 0 unspecified atom stereocenters. The van der Waals surface area contributed by atoms with E-state index in [9.17, 15) is 14.0 Å². The summed E-state index contributed by atoms with van der Waals surface area (Å²) in [6.45, 7) is 5.30. The van der Waals surface area contributed by atoms with Crippen molar-refractivity contribution in [1.29, 1.82) is 0 Å². The van der Waals surface area contributed by atoms with Gasteiger partial charge in [0.1, 0.15) is 5.82 Å². The number of rotatable bonds is 5. The summed E-state index contributed by atoms with van der Waals surface area (Å²) >= 11 is 0. The van der Waals surface area contributed by atoms with E-state index in [-0.39, 0.29) is 17.6 Å². The predicted octanol–water partition coefficient (Wildman–Crippen LogP) is 5.17. The van der Waals surface area contributed by atoms with Crippen LogP contribution in [0.1, 0.15) is 35.3 Å². The third-order valence-electron chi connectivity index (χ3n) is 5.51. The van der Waals surface area contributed by atoms with Gasteiger partial charge in [-0.25, -0.2) is 9.18 Å². The van der Waals surface area contributed by atoms with Gasteiger partial charge in [0.05, 0.1) is 11.3 Å². The van der Waals surface area contributed by atoms with E-state index < -0.39 is 11.8 Å². The second-order valence-corrected chi connectivity index (χ2v) is 8.36. The molecule has 1 aliphatic heterocycles. The van der Waals surface area contributed by atoms with Crippen molar-refractivity contribution in [1.82, 2.24) is 5.32 Å². The first-order chi connectivity index (χ1) is 15.9. The van der Waals surface area contributed by atoms with Gasteiger partial charge >= 0.3 is 6.03 Å². The second-order valence-electron chi connectivity index (χ2n) is 8.36. The van der Waals surface area contributed by atoms with Crippen LogP contribution in [-0.2, 0) is 13.0 Å².